The molecule has 0 radical (unpaired) electrons. The van der Waals surface area contributed by atoms with Crippen molar-refractivity contribution in [3.8, 4) is 0 Å². The Labute approximate surface area is 66.7 Å². The first-order chi connectivity index (χ1) is 5.29. The quantitative estimate of drug-likeness (QED) is 0.550. The number of rotatable bonds is 2. The van der Waals surface area contributed by atoms with E-state index >= 15 is 0 Å². The molecule has 2 rings (SSSR count). The highest BCUT2D eigenvalue weighted by Crippen LogP contribution is 2.29. The van der Waals surface area contributed by atoms with Gasteiger partial charge in [-0.2, -0.15) is 0 Å². The Kier molecular flexibility index (Phi) is 1.87. The maximum absolute atomic E-state index is 9.96. The molecule has 11 heavy (non-hydrogen) atoms. The van der Waals surface area contributed by atoms with E-state index in [4.69, 9.17) is 4.74 Å². The zero-order chi connectivity index (χ0) is 7.73. The predicted octanol–water partition coefficient (Wildman–Crippen LogP) is -0.110. The number of ether oxygens (including phenoxy) is 1. The molecule has 0 bridgehead atoms. The number of nitrogens with one attached hydrogen (secondary N) is 1. The van der Waals surface area contributed by atoms with Crippen LogP contribution in [-0.2, 0) is 4.74 Å². The van der Waals surface area contributed by atoms with Crippen molar-refractivity contribution in [3.63, 3.8) is 0 Å². The molecule has 0 aromatic carbocycles. The predicted molar refractivity (Wildman–Crippen MR) is 41.4 cm³/mol. The first kappa shape index (κ1) is 7.53. The molecular formula is C8H15NO2. The van der Waals surface area contributed by atoms with Crippen molar-refractivity contribution in [2.45, 2.75) is 31.0 Å². The average molecular weight is 157 g/mol. The van der Waals surface area contributed by atoms with Crippen molar-refractivity contribution in [3.05, 3.63) is 0 Å². The van der Waals surface area contributed by atoms with Gasteiger partial charge in [0.25, 0.3) is 0 Å². The minimum atomic E-state index is -0.424. The van der Waals surface area contributed by atoms with Crippen molar-refractivity contribution >= 4 is 0 Å². The molecule has 2 N–H and O–H groups in total. The molecule has 0 aromatic heterocycles. The standard InChI is InChI=1S/C8H15NO2/c10-8(5-7-6-11-7)1-3-9-4-2-8/h7,9-10H,1-6H2. The monoisotopic (exact) mass is 157 g/mol. The molecule has 0 aliphatic carbocycles. The third-order valence-corrected chi connectivity index (χ3v) is 2.54. The van der Waals surface area contributed by atoms with Crippen molar-refractivity contribution in [2.24, 2.45) is 0 Å². The van der Waals surface area contributed by atoms with E-state index in [1.54, 1.807) is 0 Å². The van der Waals surface area contributed by atoms with Crippen LogP contribution in [0.3, 0.4) is 0 Å². The second kappa shape index (κ2) is 2.73. The van der Waals surface area contributed by atoms with Crippen LogP contribution in [0.25, 0.3) is 0 Å². The SMILES string of the molecule is OC1(CC2CO2)CCNCC1. The molecule has 0 amide bonds. The number of piperidine rings is 1. The van der Waals surface area contributed by atoms with Crippen LogP contribution in [-0.4, -0.2) is 36.5 Å². The Balaban J connectivity index is 1.84. The summed E-state index contributed by atoms with van der Waals surface area (Å²) in [6.45, 7) is 2.75. The van der Waals surface area contributed by atoms with Gasteiger partial charge in [0.2, 0.25) is 0 Å². The molecule has 2 aliphatic rings. The first-order valence-corrected chi connectivity index (χ1v) is 4.33. The van der Waals surface area contributed by atoms with Crippen molar-refractivity contribution < 1.29 is 9.84 Å². The van der Waals surface area contributed by atoms with E-state index < -0.39 is 5.60 Å². The van der Waals surface area contributed by atoms with Gasteiger partial charge in [0.15, 0.2) is 0 Å². The molecule has 0 saturated carbocycles. The van der Waals surface area contributed by atoms with Crippen LogP contribution in [0.5, 0.6) is 0 Å². The Morgan fingerprint density at radius 3 is 2.64 bits per heavy atom. The second-order valence-corrected chi connectivity index (χ2v) is 3.63. The topological polar surface area (TPSA) is 44.8 Å². The lowest BCUT2D eigenvalue weighted by molar-refractivity contribution is -0.00347. The molecule has 3 heteroatoms. The van der Waals surface area contributed by atoms with Crippen molar-refractivity contribution in [1.29, 1.82) is 0 Å². The maximum Gasteiger partial charge on any atom is 0.0837 e. The number of hydrogen-bond acceptors (Lipinski definition) is 3. The van der Waals surface area contributed by atoms with Crippen molar-refractivity contribution in [1.82, 2.24) is 5.32 Å². The summed E-state index contributed by atoms with van der Waals surface area (Å²) < 4.78 is 5.10. The van der Waals surface area contributed by atoms with Gasteiger partial charge in [-0.15, -0.1) is 0 Å². The summed E-state index contributed by atoms with van der Waals surface area (Å²) in [5.74, 6) is 0. The van der Waals surface area contributed by atoms with Gasteiger partial charge < -0.3 is 15.2 Å². The molecule has 1 unspecified atom stereocenters. The van der Waals surface area contributed by atoms with Crippen LogP contribution in [0.1, 0.15) is 19.3 Å². The third-order valence-electron chi connectivity index (χ3n) is 2.54. The third kappa shape index (κ3) is 1.92. The lowest BCUT2D eigenvalue weighted by Gasteiger charge is -2.31. The summed E-state index contributed by atoms with van der Waals surface area (Å²) in [5.41, 5.74) is -0.424. The molecule has 2 saturated heterocycles. The van der Waals surface area contributed by atoms with Gasteiger partial charge in [-0.25, -0.2) is 0 Å². The number of epoxide rings is 1. The average Bonchev–Trinajstić information content (AvgIpc) is 2.72. The van der Waals surface area contributed by atoms with E-state index in [9.17, 15) is 5.11 Å². The van der Waals surface area contributed by atoms with E-state index in [2.05, 4.69) is 5.32 Å². The molecule has 2 fully saturated rings. The van der Waals surface area contributed by atoms with Gasteiger partial charge in [0.1, 0.15) is 0 Å². The Bertz CT molecular complexity index is 139. The van der Waals surface area contributed by atoms with Crippen LogP contribution >= 0.6 is 0 Å². The van der Waals surface area contributed by atoms with Gasteiger partial charge in [-0.05, 0) is 25.9 Å². The fourth-order valence-electron chi connectivity index (χ4n) is 1.71. The molecular weight excluding hydrogens is 142 g/mol. The molecule has 1 atom stereocenters. The minimum absolute atomic E-state index is 0.359. The highest BCUT2D eigenvalue weighted by molar-refractivity contribution is 4.89. The number of aliphatic hydroxyl groups is 1. The first-order valence-electron chi connectivity index (χ1n) is 4.33. The zero-order valence-corrected chi connectivity index (χ0v) is 6.68. The summed E-state index contributed by atoms with van der Waals surface area (Å²) in [6, 6.07) is 0. The van der Waals surface area contributed by atoms with Gasteiger partial charge in [0, 0.05) is 6.42 Å². The number of hydrogen-bond donors (Lipinski definition) is 2. The molecule has 0 spiro atoms. The smallest absolute Gasteiger partial charge is 0.0837 e. The van der Waals surface area contributed by atoms with E-state index in [1.165, 1.54) is 0 Å². The molecule has 3 nitrogen and oxygen atoms in total. The van der Waals surface area contributed by atoms with Gasteiger partial charge in [-0.1, -0.05) is 0 Å². The van der Waals surface area contributed by atoms with Crippen molar-refractivity contribution in [2.75, 3.05) is 19.7 Å². The zero-order valence-electron chi connectivity index (χ0n) is 6.68. The van der Waals surface area contributed by atoms with E-state index in [-0.39, 0.29) is 0 Å². The summed E-state index contributed by atoms with van der Waals surface area (Å²) in [5, 5.41) is 13.2. The van der Waals surface area contributed by atoms with E-state index in [0.29, 0.717) is 6.10 Å². The minimum Gasteiger partial charge on any atom is -0.390 e. The normalized spacial score (nSPS) is 35.2. The highest BCUT2D eigenvalue weighted by Gasteiger charge is 2.36. The summed E-state index contributed by atoms with van der Waals surface area (Å²) in [6.07, 6.45) is 2.96. The summed E-state index contributed by atoms with van der Waals surface area (Å²) >= 11 is 0. The second-order valence-electron chi connectivity index (χ2n) is 3.63. The van der Waals surface area contributed by atoms with E-state index in [0.717, 1.165) is 39.0 Å². The fraction of sp³-hybridized carbons (Fsp3) is 1.00. The van der Waals surface area contributed by atoms with Crippen LogP contribution in [0.2, 0.25) is 0 Å². The van der Waals surface area contributed by atoms with E-state index in [1.807, 2.05) is 0 Å². The van der Waals surface area contributed by atoms with Crippen LogP contribution in [0.15, 0.2) is 0 Å². The summed E-state index contributed by atoms with van der Waals surface area (Å²) in [7, 11) is 0. The maximum atomic E-state index is 9.96. The summed E-state index contributed by atoms with van der Waals surface area (Å²) in [4.78, 5) is 0. The Hall–Kier alpha value is -0.120. The molecule has 2 aliphatic heterocycles. The Morgan fingerprint density at radius 2 is 2.09 bits per heavy atom. The van der Waals surface area contributed by atoms with Gasteiger partial charge >= 0.3 is 0 Å². The lowest BCUT2D eigenvalue weighted by Crippen LogP contribution is -2.42. The van der Waals surface area contributed by atoms with Crippen LogP contribution in [0, 0.1) is 0 Å². The molecule has 0 aromatic rings. The lowest BCUT2D eigenvalue weighted by atomic mass is 9.88. The molecule has 2 heterocycles. The molecule has 64 valence electrons. The highest BCUT2D eigenvalue weighted by atomic mass is 16.6. The van der Waals surface area contributed by atoms with Gasteiger partial charge in [0.05, 0.1) is 18.3 Å². The largest absolute Gasteiger partial charge is 0.390 e. The van der Waals surface area contributed by atoms with Gasteiger partial charge in [-0.3, -0.25) is 0 Å². The Morgan fingerprint density at radius 1 is 1.45 bits per heavy atom. The van der Waals surface area contributed by atoms with Crippen LogP contribution in [0.4, 0.5) is 0 Å². The van der Waals surface area contributed by atoms with Crippen LogP contribution < -0.4 is 5.32 Å². The fourth-order valence-corrected chi connectivity index (χ4v) is 1.71.